The molecule has 0 saturated heterocycles. The first-order valence-corrected chi connectivity index (χ1v) is 8.11. The second kappa shape index (κ2) is 6.18. The molecule has 118 valence electrons. The van der Waals surface area contributed by atoms with Gasteiger partial charge in [-0.05, 0) is 42.5 Å². The van der Waals surface area contributed by atoms with Gasteiger partial charge in [0.05, 0.1) is 4.70 Å². The van der Waals surface area contributed by atoms with Crippen LogP contribution in [0.1, 0.15) is 15.9 Å². The zero-order chi connectivity index (χ0) is 15.1. The lowest BCUT2D eigenvalue weighted by atomic mass is 10.1. The number of rotatable bonds is 2. The number of carbonyl (C=O) groups is 1. The van der Waals surface area contributed by atoms with Crippen molar-refractivity contribution in [3.8, 4) is 0 Å². The molecule has 1 aromatic heterocycles. The zero-order valence-electron chi connectivity index (χ0n) is 12.6. The van der Waals surface area contributed by atoms with Crippen molar-refractivity contribution < 1.29 is 21.8 Å². The largest absolute Gasteiger partial charge is 1.00 e. The molecule has 1 aliphatic heterocycles. The maximum Gasteiger partial charge on any atom is 0.335 e. The summed E-state index contributed by atoms with van der Waals surface area (Å²) in [5.74, 6) is -0.0712. The third kappa shape index (κ3) is 2.90. The van der Waals surface area contributed by atoms with E-state index in [0.29, 0.717) is 5.56 Å². The number of carbonyl (C=O) groups excluding carboxylic acids is 1. The molecular weight excluding hydrogens is 330 g/mol. The van der Waals surface area contributed by atoms with Gasteiger partial charge in [0, 0.05) is 17.3 Å². The molecule has 0 fully saturated rings. The minimum atomic E-state index is -0.0712. The molecule has 4 rings (SSSR count). The quantitative estimate of drug-likeness (QED) is 0.651. The van der Waals surface area contributed by atoms with E-state index in [-0.39, 0.29) is 18.3 Å². The average Bonchev–Trinajstić information content (AvgIpc) is 3.08. The number of thiazole rings is 1. The Bertz CT molecular complexity index is 891. The van der Waals surface area contributed by atoms with E-state index >= 15 is 0 Å². The Morgan fingerprint density at radius 3 is 2.96 bits per heavy atom. The summed E-state index contributed by atoms with van der Waals surface area (Å²) in [6.07, 6.45) is 0. The third-order valence-corrected chi connectivity index (χ3v) is 4.97. The van der Waals surface area contributed by atoms with Crippen molar-refractivity contribution in [3.63, 3.8) is 0 Å². The maximum absolute atomic E-state index is 12.3. The van der Waals surface area contributed by atoms with Gasteiger partial charge < -0.3 is 17.7 Å². The number of halogens is 1. The van der Waals surface area contributed by atoms with Crippen molar-refractivity contribution in [1.29, 1.82) is 0 Å². The highest BCUT2D eigenvalue weighted by Crippen LogP contribution is 2.28. The molecule has 1 aliphatic rings. The number of fused-ring (bicyclic) bond motifs is 3. The number of nitrogens with one attached hydrogen (secondary N) is 2. The fraction of sp³-hybridized carbons (Fsp3) is 0.176. The summed E-state index contributed by atoms with van der Waals surface area (Å²) >= 11 is 1.75. The zero-order valence-corrected chi connectivity index (χ0v) is 14.2. The molecule has 0 aliphatic carbocycles. The SMILES string of the molecule is Cc1cccc(C(=O)Nc2ccc3sc4[n+](c3c2)CCN4)c1.[Cl-]. The number of nitrogens with zero attached hydrogens (tertiary/aromatic N) is 1. The highest BCUT2D eigenvalue weighted by atomic mass is 35.5. The van der Waals surface area contributed by atoms with Crippen LogP contribution in [-0.2, 0) is 6.54 Å². The Morgan fingerprint density at radius 2 is 2.13 bits per heavy atom. The molecule has 0 radical (unpaired) electrons. The summed E-state index contributed by atoms with van der Waals surface area (Å²) in [6.45, 7) is 3.94. The molecule has 0 spiro atoms. The number of hydrogen-bond acceptors (Lipinski definition) is 3. The van der Waals surface area contributed by atoms with Crippen molar-refractivity contribution in [2.24, 2.45) is 0 Å². The van der Waals surface area contributed by atoms with E-state index in [9.17, 15) is 4.79 Å². The van der Waals surface area contributed by atoms with Crippen molar-refractivity contribution in [1.82, 2.24) is 0 Å². The van der Waals surface area contributed by atoms with Crippen LogP contribution < -0.4 is 27.6 Å². The number of aromatic nitrogens is 1. The topological polar surface area (TPSA) is 45.0 Å². The van der Waals surface area contributed by atoms with Crippen LogP contribution in [0.25, 0.3) is 10.2 Å². The summed E-state index contributed by atoms with van der Waals surface area (Å²) < 4.78 is 3.50. The van der Waals surface area contributed by atoms with Gasteiger partial charge in [-0.25, -0.2) is 4.57 Å². The fourth-order valence-corrected chi connectivity index (χ4v) is 3.87. The average molecular weight is 346 g/mol. The summed E-state index contributed by atoms with van der Waals surface area (Å²) in [4.78, 5) is 12.3. The van der Waals surface area contributed by atoms with Crippen LogP contribution in [0.4, 0.5) is 10.8 Å². The Labute approximate surface area is 144 Å². The fourth-order valence-electron chi connectivity index (χ4n) is 2.78. The first-order valence-electron chi connectivity index (χ1n) is 7.29. The van der Waals surface area contributed by atoms with E-state index in [1.807, 2.05) is 37.3 Å². The lowest BCUT2D eigenvalue weighted by Crippen LogP contribution is -3.00. The molecule has 6 heteroatoms. The Kier molecular flexibility index (Phi) is 4.24. The van der Waals surface area contributed by atoms with Crippen LogP contribution in [-0.4, -0.2) is 12.5 Å². The number of aryl methyl sites for hydroxylation is 1. The van der Waals surface area contributed by atoms with Crippen molar-refractivity contribution in [2.45, 2.75) is 13.5 Å². The van der Waals surface area contributed by atoms with Gasteiger partial charge in [-0.3, -0.25) is 10.1 Å². The minimum absolute atomic E-state index is 0. The number of benzene rings is 2. The lowest BCUT2D eigenvalue weighted by molar-refractivity contribution is -0.640. The second-order valence-electron chi connectivity index (χ2n) is 5.49. The van der Waals surface area contributed by atoms with Crippen LogP contribution in [0.15, 0.2) is 42.5 Å². The summed E-state index contributed by atoms with van der Waals surface area (Å²) in [6, 6.07) is 13.7. The Hall–Kier alpha value is -2.11. The first kappa shape index (κ1) is 15.8. The van der Waals surface area contributed by atoms with E-state index in [1.165, 1.54) is 15.3 Å². The van der Waals surface area contributed by atoms with Gasteiger partial charge in [-0.2, -0.15) is 0 Å². The Balaban J connectivity index is 0.00000156. The van der Waals surface area contributed by atoms with Crippen LogP contribution >= 0.6 is 11.3 Å². The predicted octanol–water partition coefficient (Wildman–Crippen LogP) is 0.179. The van der Waals surface area contributed by atoms with E-state index in [2.05, 4.69) is 27.3 Å². The summed E-state index contributed by atoms with van der Waals surface area (Å²) in [7, 11) is 0. The van der Waals surface area contributed by atoms with Crippen LogP contribution in [0.3, 0.4) is 0 Å². The highest BCUT2D eigenvalue weighted by Gasteiger charge is 2.23. The van der Waals surface area contributed by atoms with Crippen molar-refractivity contribution in [3.05, 3.63) is 53.6 Å². The molecule has 23 heavy (non-hydrogen) atoms. The van der Waals surface area contributed by atoms with E-state index in [0.717, 1.165) is 24.3 Å². The third-order valence-electron chi connectivity index (χ3n) is 3.85. The molecule has 0 bridgehead atoms. The van der Waals surface area contributed by atoms with Gasteiger partial charge in [0.15, 0.2) is 0 Å². The monoisotopic (exact) mass is 345 g/mol. The smallest absolute Gasteiger partial charge is 0.335 e. The van der Waals surface area contributed by atoms with Crippen molar-refractivity contribution in [2.75, 3.05) is 17.2 Å². The van der Waals surface area contributed by atoms with E-state index < -0.39 is 0 Å². The standard InChI is InChI=1S/C17H15N3OS.ClH/c1-11-3-2-4-12(9-11)16(21)19-13-5-6-15-14(10-13)20-8-7-18-17(20)22-15;/h2-6,9-10H,7-8H2,1H3,(H,19,21);1H. The van der Waals surface area contributed by atoms with Gasteiger partial charge in [0.25, 0.3) is 5.91 Å². The van der Waals surface area contributed by atoms with Crippen LogP contribution in [0, 0.1) is 6.92 Å². The van der Waals surface area contributed by atoms with Crippen LogP contribution in [0.2, 0.25) is 0 Å². The molecule has 4 nitrogen and oxygen atoms in total. The van der Waals surface area contributed by atoms with Crippen LogP contribution in [0.5, 0.6) is 0 Å². The predicted molar refractivity (Wildman–Crippen MR) is 89.6 cm³/mol. The van der Waals surface area contributed by atoms with Gasteiger partial charge in [-0.1, -0.05) is 17.7 Å². The minimum Gasteiger partial charge on any atom is -1.00 e. The van der Waals surface area contributed by atoms with Gasteiger partial charge in [0.2, 0.25) is 0 Å². The molecule has 0 atom stereocenters. The number of hydrogen-bond donors (Lipinski definition) is 2. The Morgan fingerprint density at radius 1 is 1.26 bits per heavy atom. The number of anilines is 2. The molecule has 0 saturated carbocycles. The van der Waals surface area contributed by atoms with Gasteiger partial charge in [-0.15, -0.1) is 0 Å². The van der Waals surface area contributed by atoms with E-state index in [1.54, 1.807) is 11.3 Å². The van der Waals surface area contributed by atoms with Gasteiger partial charge in [0.1, 0.15) is 18.6 Å². The molecule has 2 aromatic carbocycles. The summed E-state index contributed by atoms with van der Waals surface area (Å²) in [5, 5.41) is 7.56. The molecule has 0 unspecified atom stereocenters. The van der Waals surface area contributed by atoms with Crippen molar-refractivity contribution >= 4 is 38.3 Å². The maximum atomic E-state index is 12.3. The lowest BCUT2D eigenvalue weighted by Gasteiger charge is -2.06. The second-order valence-corrected chi connectivity index (χ2v) is 6.52. The highest BCUT2D eigenvalue weighted by molar-refractivity contribution is 7.21. The first-order chi connectivity index (χ1) is 10.7. The summed E-state index contributed by atoms with van der Waals surface area (Å²) in [5.41, 5.74) is 3.77. The molecule has 2 heterocycles. The molecule has 3 aromatic rings. The number of amides is 1. The molecule has 2 N–H and O–H groups in total. The molecular formula is C17H16ClN3OS. The normalized spacial score (nSPS) is 12.4. The molecule has 1 amide bonds. The van der Waals surface area contributed by atoms with Gasteiger partial charge >= 0.3 is 5.13 Å². The van der Waals surface area contributed by atoms with E-state index in [4.69, 9.17) is 0 Å².